The van der Waals surface area contributed by atoms with Crippen LogP contribution >= 0.6 is 11.6 Å². The summed E-state index contributed by atoms with van der Waals surface area (Å²) in [6, 6.07) is 6.94. The van der Waals surface area contributed by atoms with Crippen molar-refractivity contribution in [3.8, 4) is 17.0 Å². The zero-order valence-corrected chi connectivity index (χ0v) is 13.9. The van der Waals surface area contributed by atoms with Crippen LogP contribution in [0.25, 0.3) is 11.3 Å². The lowest BCUT2D eigenvalue weighted by atomic mass is 10.1. The number of halogens is 1. The highest BCUT2D eigenvalue weighted by molar-refractivity contribution is 6.30. The number of benzene rings is 1. The quantitative estimate of drug-likeness (QED) is 0.692. The highest BCUT2D eigenvalue weighted by atomic mass is 35.5. The number of aromatic nitrogens is 3. The first kappa shape index (κ1) is 17.0. The van der Waals surface area contributed by atoms with E-state index in [0.717, 1.165) is 5.56 Å². The first-order valence-electron chi connectivity index (χ1n) is 7.23. The molecule has 0 aliphatic rings. The maximum absolute atomic E-state index is 11.3. The molecule has 2 N–H and O–H groups in total. The topological polar surface area (TPSA) is 111 Å². The molecule has 130 valence electrons. The fourth-order valence-electron chi connectivity index (χ4n) is 2.37. The molecule has 9 heteroatoms. The number of aryl methyl sites for hydroxylation is 1. The van der Waals surface area contributed by atoms with Crippen molar-refractivity contribution in [1.82, 2.24) is 14.9 Å². The van der Waals surface area contributed by atoms with E-state index in [0.29, 0.717) is 16.3 Å². The van der Waals surface area contributed by atoms with Crippen LogP contribution < -0.4 is 4.74 Å². The Balaban J connectivity index is 1.91. The maximum atomic E-state index is 11.3. The van der Waals surface area contributed by atoms with Gasteiger partial charge in [-0.1, -0.05) is 28.9 Å². The number of ether oxygens (including phenoxy) is 1. The molecule has 1 aromatic carbocycles. The third kappa shape index (κ3) is 3.35. The van der Waals surface area contributed by atoms with Gasteiger partial charge in [0.25, 0.3) is 0 Å². The Labute approximate surface area is 147 Å². The second-order valence-electron chi connectivity index (χ2n) is 5.17. The molecule has 8 nitrogen and oxygen atoms in total. The van der Waals surface area contributed by atoms with E-state index in [1.165, 1.54) is 17.9 Å². The van der Waals surface area contributed by atoms with Crippen molar-refractivity contribution >= 4 is 17.6 Å². The summed E-state index contributed by atoms with van der Waals surface area (Å²) in [5.74, 6) is -0.798. The number of aromatic carboxylic acids is 1. The molecule has 0 aliphatic carbocycles. The molecule has 0 spiro atoms. The number of carboxylic acids is 1. The number of hydrogen-bond donors (Lipinski definition) is 2. The van der Waals surface area contributed by atoms with Crippen LogP contribution in [0.1, 0.15) is 21.8 Å². The summed E-state index contributed by atoms with van der Waals surface area (Å²) >= 11 is 5.89. The summed E-state index contributed by atoms with van der Waals surface area (Å²) in [5, 5.41) is 27.1. The lowest BCUT2D eigenvalue weighted by molar-refractivity contribution is 0.0679. The molecule has 2 heterocycles. The first-order chi connectivity index (χ1) is 12.0. The molecule has 0 amide bonds. The number of carboxylic acid groups (broad SMARTS) is 1. The highest BCUT2D eigenvalue weighted by Crippen LogP contribution is 2.28. The summed E-state index contributed by atoms with van der Waals surface area (Å²) in [7, 11) is 1.51. The van der Waals surface area contributed by atoms with Crippen molar-refractivity contribution in [3.05, 3.63) is 52.5 Å². The van der Waals surface area contributed by atoms with Gasteiger partial charge in [-0.25, -0.2) is 4.79 Å². The first-order valence-corrected chi connectivity index (χ1v) is 7.61. The van der Waals surface area contributed by atoms with Crippen molar-refractivity contribution < 1.29 is 24.3 Å². The normalized spacial score (nSPS) is 10.8. The zero-order valence-electron chi connectivity index (χ0n) is 13.1. The van der Waals surface area contributed by atoms with E-state index < -0.39 is 5.97 Å². The summed E-state index contributed by atoms with van der Waals surface area (Å²) < 4.78 is 11.9. The molecular formula is C16H14ClN3O5. The van der Waals surface area contributed by atoms with Gasteiger partial charge < -0.3 is 19.5 Å². The molecule has 0 saturated carbocycles. The van der Waals surface area contributed by atoms with Crippen molar-refractivity contribution in [2.24, 2.45) is 7.05 Å². The van der Waals surface area contributed by atoms with Gasteiger partial charge in [-0.2, -0.15) is 5.10 Å². The Bertz CT molecular complexity index is 901. The average molecular weight is 364 g/mol. The minimum Gasteiger partial charge on any atom is -0.484 e. The Kier molecular flexibility index (Phi) is 4.73. The fourth-order valence-corrected chi connectivity index (χ4v) is 2.49. The van der Waals surface area contributed by atoms with E-state index in [1.807, 2.05) is 0 Å². The van der Waals surface area contributed by atoms with Crippen LogP contribution in [0.2, 0.25) is 5.02 Å². The summed E-state index contributed by atoms with van der Waals surface area (Å²) in [6.07, 6.45) is 1.32. The van der Waals surface area contributed by atoms with Gasteiger partial charge in [-0.3, -0.25) is 4.68 Å². The lowest BCUT2D eigenvalue weighted by Crippen LogP contribution is -2.08. The molecule has 0 atom stereocenters. The summed E-state index contributed by atoms with van der Waals surface area (Å²) in [6.45, 7) is -0.401. The smallest absolute Gasteiger partial charge is 0.358 e. The lowest BCUT2D eigenvalue weighted by Gasteiger charge is -2.07. The molecule has 3 aromatic rings. The molecule has 0 aliphatic heterocycles. The zero-order chi connectivity index (χ0) is 18.0. The number of hydrogen-bond acceptors (Lipinski definition) is 6. The second kappa shape index (κ2) is 6.96. The van der Waals surface area contributed by atoms with E-state index >= 15 is 0 Å². The maximum Gasteiger partial charge on any atom is 0.358 e. The SMILES string of the molecule is Cn1ncc(OCc2c(-c3ccc(Cl)cc3)noc2CO)c1C(=O)O. The van der Waals surface area contributed by atoms with Crippen LogP contribution in [0.5, 0.6) is 5.75 Å². The van der Waals surface area contributed by atoms with E-state index in [1.54, 1.807) is 24.3 Å². The molecule has 0 bridgehead atoms. The Morgan fingerprint density at radius 3 is 2.72 bits per heavy atom. The van der Waals surface area contributed by atoms with Gasteiger partial charge in [0, 0.05) is 17.6 Å². The van der Waals surface area contributed by atoms with Crippen LogP contribution in [0.3, 0.4) is 0 Å². The van der Waals surface area contributed by atoms with Crippen molar-refractivity contribution in [2.75, 3.05) is 0 Å². The van der Waals surface area contributed by atoms with E-state index in [-0.39, 0.29) is 30.4 Å². The van der Waals surface area contributed by atoms with Gasteiger partial charge in [0.1, 0.15) is 18.9 Å². The predicted molar refractivity (Wildman–Crippen MR) is 87.4 cm³/mol. The van der Waals surface area contributed by atoms with Crippen LogP contribution in [0.4, 0.5) is 0 Å². The molecule has 3 rings (SSSR count). The third-order valence-electron chi connectivity index (χ3n) is 3.61. The second-order valence-corrected chi connectivity index (χ2v) is 5.61. The van der Waals surface area contributed by atoms with Crippen LogP contribution in [0.15, 0.2) is 35.0 Å². The van der Waals surface area contributed by atoms with Gasteiger partial charge >= 0.3 is 5.97 Å². The van der Waals surface area contributed by atoms with Crippen molar-refractivity contribution in [1.29, 1.82) is 0 Å². The Morgan fingerprint density at radius 2 is 2.08 bits per heavy atom. The van der Waals surface area contributed by atoms with Crippen molar-refractivity contribution in [3.63, 3.8) is 0 Å². The predicted octanol–water partition coefficient (Wildman–Crippen LogP) is 2.50. The third-order valence-corrected chi connectivity index (χ3v) is 3.86. The van der Waals surface area contributed by atoms with Gasteiger partial charge in [0.2, 0.25) is 0 Å². The molecule has 0 unspecified atom stereocenters. The number of aliphatic hydroxyl groups excluding tert-OH is 1. The number of carbonyl (C=O) groups is 1. The van der Waals surface area contributed by atoms with E-state index in [9.17, 15) is 15.0 Å². The molecule has 0 radical (unpaired) electrons. The Hall–Kier alpha value is -2.84. The van der Waals surface area contributed by atoms with Crippen LogP contribution in [-0.2, 0) is 20.3 Å². The van der Waals surface area contributed by atoms with Gasteiger partial charge in [-0.05, 0) is 12.1 Å². The average Bonchev–Trinajstić information content (AvgIpc) is 3.16. The molecule has 25 heavy (non-hydrogen) atoms. The minimum absolute atomic E-state index is 0.0384. The Morgan fingerprint density at radius 1 is 1.36 bits per heavy atom. The van der Waals surface area contributed by atoms with Crippen LogP contribution in [0, 0.1) is 0 Å². The molecular weight excluding hydrogens is 350 g/mol. The van der Waals surface area contributed by atoms with Crippen LogP contribution in [-0.4, -0.2) is 31.1 Å². The van der Waals surface area contributed by atoms with E-state index in [2.05, 4.69) is 10.3 Å². The number of rotatable bonds is 6. The minimum atomic E-state index is -1.15. The van der Waals surface area contributed by atoms with Gasteiger partial charge in [0.05, 0.1) is 11.8 Å². The molecule has 0 fully saturated rings. The molecule has 0 saturated heterocycles. The van der Waals surface area contributed by atoms with E-state index in [4.69, 9.17) is 20.9 Å². The highest BCUT2D eigenvalue weighted by Gasteiger charge is 2.21. The van der Waals surface area contributed by atoms with Gasteiger partial charge in [-0.15, -0.1) is 0 Å². The number of nitrogens with zero attached hydrogens (tertiary/aromatic N) is 3. The van der Waals surface area contributed by atoms with Gasteiger partial charge in [0.15, 0.2) is 17.2 Å². The fraction of sp³-hybridized carbons (Fsp3) is 0.188. The number of aliphatic hydroxyl groups is 1. The summed E-state index contributed by atoms with van der Waals surface area (Å²) in [5.41, 5.74) is 1.66. The largest absolute Gasteiger partial charge is 0.484 e. The summed E-state index contributed by atoms with van der Waals surface area (Å²) in [4.78, 5) is 11.3. The molecule has 2 aromatic heterocycles. The standard InChI is InChI=1S/C16H14ClN3O5/c1-20-15(16(22)23)12(6-18-20)24-8-11-13(7-21)25-19-14(11)9-2-4-10(17)5-3-9/h2-6,21H,7-8H2,1H3,(H,22,23). The monoisotopic (exact) mass is 363 g/mol. The van der Waals surface area contributed by atoms with Crippen molar-refractivity contribution in [2.45, 2.75) is 13.2 Å².